The van der Waals surface area contributed by atoms with E-state index in [1.54, 1.807) is 4.90 Å². The number of carbonyl (C=O) groups is 1. The van der Waals surface area contributed by atoms with Gasteiger partial charge in [0.25, 0.3) is 0 Å². The van der Waals surface area contributed by atoms with Crippen molar-refractivity contribution >= 4 is 17.7 Å². The van der Waals surface area contributed by atoms with Gasteiger partial charge in [-0.1, -0.05) is 54.1 Å². The first kappa shape index (κ1) is 14.0. The van der Waals surface area contributed by atoms with E-state index in [-0.39, 0.29) is 6.09 Å². The zero-order valence-electron chi connectivity index (χ0n) is 11.6. The SMILES string of the molecule is O=C(OCc1ccccc1)N1CCc2cccc(Cl)c2C1. The van der Waals surface area contributed by atoms with Crippen LogP contribution >= 0.6 is 11.6 Å². The lowest BCUT2D eigenvalue weighted by atomic mass is 10.0. The molecule has 0 unspecified atom stereocenters. The lowest BCUT2D eigenvalue weighted by Crippen LogP contribution is -2.36. The van der Waals surface area contributed by atoms with Gasteiger partial charge < -0.3 is 9.64 Å². The van der Waals surface area contributed by atoms with Gasteiger partial charge in [-0.05, 0) is 29.2 Å². The number of hydrogen-bond donors (Lipinski definition) is 0. The molecule has 0 spiro atoms. The van der Waals surface area contributed by atoms with Crippen LogP contribution in [-0.4, -0.2) is 17.5 Å². The molecule has 1 aliphatic rings. The molecule has 2 aromatic carbocycles. The highest BCUT2D eigenvalue weighted by Gasteiger charge is 2.23. The molecular weight excluding hydrogens is 286 g/mol. The topological polar surface area (TPSA) is 29.5 Å². The Hall–Kier alpha value is -2.00. The van der Waals surface area contributed by atoms with Gasteiger partial charge in [0.2, 0.25) is 0 Å². The first-order chi connectivity index (χ1) is 10.2. The Morgan fingerprint density at radius 3 is 2.76 bits per heavy atom. The zero-order valence-corrected chi connectivity index (χ0v) is 12.3. The van der Waals surface area contributed by atoms with Crippen molar-refractivity contribution in [1.29, 1.82) is 0 Å². The summed E-state index contributed by atoms with van der Waals surface area (Å²) in [5.74, 6) is 0. The Labute approximate surface area is 129 Å². The summed E-state index contributed by atoms with van der Waals surface area (Å²) in [5, 5.41) is 0.716. The summed E-state index contributed by atoms with van der Waals surface area (Å²) in [4.78, 5) is 13.9. The van der Waals surface area contributed by atoms with E-state index in [1.807, 2.05) is 42.5 Å². The predicted molar refractivity (Wildman–Crippen MR) is 82.2 cm³/mol. The van der Waals surface area contributed by atoms with E-state index in [0.717, 1.165) is 17.5 Å². The van der Waals surface area contributed by atoms with Crippen LogP contribution in [0.25, 0.3) is 0 Å². The molecule has 3 rings (SSSR count). The molecule has 4 heteroatoms. The van der Waals surface area contributed by atoms with Crippen molar-refractivity contribution in [3.05, 3.63) is 70.2 Å². The van der Waals surface area contributed by atoms with Crippen LogP contribution < -0.4 is 0 Å². The highest BCUT2D eigenvalue weighted by atomic mass is 35.5. The fourth-order valence-corrected chi connectivity index (χ4v) is 2.76. The summed E-state index contributed by atoms with van der Waals surface area (Å²) in [5.41, 5.74) is 3.23. The zero-order chi connectivity index (χ0) is 14.7. The molecule has 108 valence electrons. The summed E-state index contributed by atoms with van der Waals surface area (Å²) in [6, 6.07) is 15.6. The van der Waals surface area contributed by atoms with E-state index in [9.17, 15) is 4.79 Å². The van der Waals surface area contributed by atoms with Gasteiger partial charge in [0.05, 0.1) is 6.54 Å². The van der Waals surface area contributed by atoms with Crippen molar-refractivity contribution in [1.82, 2.24) is 4.90 Å². The van der Waals surface area contributed by atoms with Crippen molar-refractivity contribution < 1.29 is 9.53 Å². The summed E-state index contributed by atoms with van der Waals surface area (Å²) in [6.07, 6.45) is 0.528. The molecule has 0 aliphatic carbocycles. The third kappa shape index (κ3) is 3.19. The molecule has 0 saturated heterocycles. The molecule has 3 nitrogen and oxygen atoms in total. The molecule has 1 aliphatic heterocycles. The van der Waals surface area contributed by atoms with Crippen molar-refractivity contribution in [3.63, 3.8) is 0 Å². The lowest BCUT2D eigenvalue weighted by molar-refractivity contribution is 0.0919. The van der Waals surface area contributed by atoms with Crippen LogP contribution in [0.4, 0.5) is 4.79 Å². The van der Waals surface area contributed by atoms with E-state index in [2.05, 4.69) is 6.07 Å². The number of rotatable bonds is 2. The van der Waals surface area contributed by atoms with Crippen molar-refractivity contribution in [2.24, 2.45) is 0 Å². The van der Waals surface area contributed by atoms with Crippen LogP contribution in [0.3, 0.4) is 0 Å². The number of ether oxygens (including phenoxy) is 1. The van der Waals surface area contributed by atoms with E-state index in [1.165, 1.54) is 5.56 Å². The first-order valence-electron chi connectivity index (χ1n) is 6.96. The van der Waals surface area contributed by atoms with Gasteiger partial charge in [-0.25, -0.2) is 4.79 Å². The second kappa shape index (κ2) is 6.19. The van der Waals surface area contributed by atoms with Crippen LogP contribution in [0.1, 0.15) is 16.7 Å². The second-order valence-electron chi connectivity index (χ2n) is 5.09. The van der Waals surface area contributed by atoms with E-state index in [4.69, 9.17) is 16.3 Å². The molecular formula is C17H16ClNO2. The van der Waals surface area contributed by atoms with E-state index in [0.29, 0.717) is 24.7 Å². The standard InChI is InChI=1S/C17H16ClNO2/c18-16-8-4-7-14-9-10-19(11-15(14)16)17(20)21-12-13-5-2-1-3-6-13/h1-8H,9-12H2. The van der Waals surface area contributed by atoms with Crippen LogP contribution in [0.2, 0.25) is 5.02 Å². The molecule has 0 radical (unpaired) electrons. The summed E-state index contributed by atoms with van der Waals surface area (Å²) in [7, 11) is 0. The Morgan fingerprint density at radius 1 is 1.14 bits per heavy atom. The first-order valence-corrected chi connectivity index (χ1v) is 7.34. The molecule has 1 heterocycles. The van der Waals surface area contributed by atoms with Gasteiger partial charge in [0, 0.05) is 11.6 Å². The van der Waals surface area contributed by atoms with Gasteiger partial charge in [0.15, 0.2) is 0 Å². The Bertz CT molecular complexity index is 642. The summed E-state index contributed by atoms with van der Waals surface area (Å²) in [6.45, 7) is 1.48. The minimum atomic E-state index is -0.288. The van der Waals surface area contributed by atoms with Crippen LogP contribution in [0, 0.1) is 0 Å². The number of fused-ring (bicyclic) bond motifs is 1. The third-order valence-corrected chi connectivity index (χ3v) is 4.03. The summed E-state index contributed by atoms with van der Waals surface area (Å²) >= 11 is 6.21. The van der Waals surface area contributed by atoms with Crippen LogP contribution in [-0.2, 0) is 24.3 Å². The molecule has 1 amide bonds. The van der Waals surface area contributed by atoms with Gasteiger partial charge in [-0.2, -0.15) is 0 Å². The highest BCUT2D eigenvalue weighted by Crippen LogP contribution is 2.26. The maximum atomic E-state index is 12.2. The number of amides is 1. The molecule has 2 aromatic rings. The fraction of sp³-hybridized carbons (Fsp3) is 0.235. The number of nitrogens with zero attached hydrogens (tertiary/aromatic N) is 1. The number of carbonyl (C=O) groups excluding carboxylic acids is 1. The minimum Gasteiger partial charge on any atom is -0.445 e. The third-order valence-electron chi connectivity index (χ3n) is 3.68. The maximum absolute atomic E-state index is 12.2. The van der Waals surface area contributed by atoms with Crippen LogP contribution in [0.5, 0.6) is 0 Å². The quantitative estimate of drug-likeness (QED) is 0.838. The lowest BCUT2D eigenvalue weighted by Gasteiger charge is -2.28. The Kier molecular flexibility index (Phi) is 4.11. The number of benzene rings is 2. The molecule has 21 heavy (non-hydrogen) atoms. The minimum absolute atomic E-state index is 0.288. The second-order valence-corrected chi connectivity index (χ2v) is 5.50. The predicted octanol–water partition coefficient (Wildman–Crippen LogP) is 4.03. The molecule has 0 atom stereocenters. The highest BCUT2D eigenvalue weighted by molar-refractivity contribution is 6.31. The Morgan fingerprint density at radius 2 is 1.95 bits per heavy atom. The van der Waals surface area contributed by atoms with Gasteiger partial charge >= 0.3 is 6.09 Å². The molecule has 0 aromatic heterocycles. The van der Waals surface area contributed by atoms with E-state index >= 15 is 0 Å². The van der Waals surface area contributed by atoms with Gasteiger partial charge in [0.1, 0.15) is 6.61 Å². The van der Waals surface area contributed by atoms with Gasteiger partial charge in [-0.3, -0.25) is 0 Å². The average Bonchev–Trinajstić information content (AvgIpc) is 2.54. The number of halogens is 1. The smallest absolute Gasteiger partial charge is 0.410 e. The monoisotopic (exact) mass is 301 g/mol. The number of hydrogen-bond acceptors (Lipinski definition) is 2. The van der Waals surface area contributed by atoms with Gasteiger partial charge in [-0.15, -0.1) is 0 Å². The molecule has 0 fully saturated rings. The van der Waals surface area contributed by atoms with Crippen molar-refractivity contribution in [2.45, 2.75) is 19.6 Å². The van der Waals surface area contributed by atoms with Crippen molar-refractivity contribution in [2.75, 3.05) is 6.54 Å². The Balaban J connectivity index is 1.63. The fourth-order valence-electron chi connectivity index (χ4n) is 2.51. The average molecular weight is 302 g/mol. The normalized spacial score (nSPS) is 13.7. The van der Waals surface area contributed by atoms with E-state index < -0.39 is 0 Å². The largest absolute Gasteiger partial charge is 0.445 e. The van der Waals surface area contributed by atoms with Crippen molar-refractivity contribution in [3.8, 4) is 0 Å². The maximum Gasteiger partial charge on any atom is 0.410 e. The molecule has 0 N–H and O–H groups in total. The summed E-state index contributed by atoms with van der Waals surface area (Å²) < 4.78 is 5.37. The molecule has 0 bridgehead atoms. The molecule has 0 saturated carbocycles. The van der Waals surface area contributed by atoms with Crippen LogP contribution in [0.15, 0.2) is 48.5 Å².